The maximum absolute atomic E-state index is 2.78. The Balaban J connectivity index is 1.29. The van der Waals surface area contributed by atoms with Gasteiger partial charge in [0.2, 0.25) is 0 Å². The molecule has 0 saturated heterocycles. The minimum Gasteiger partial charge on any atom is -0.311 e. The minimum atomic E-state index is -0.213. The highest BCUT2D eigenvalue weighted by molar-refractivity contribution is 7.00. The van der Waals surface area contributed by atoms with Gasteiger partial charge in [-0.05, 0) is 191 Å². The molecule has 0 spiro atoms. The second kappa shape index (κ2) is 14.8. The van der Waals surface area contributed by atoms with Crippen molar-refractivity contribution in [1.29, 1.82) is 0 Å². The van der Waals surface area contributed by atoms with Gasteiger partial charge in [0, 0.05) is 39.5 Å². The summed E-state index contributed by atoms with van der Waals surface area (Å²) in [6.45, 7) is 44.3. The van der Waals surface area contributed by atoms with Gasteiger partial charge in [0.25, 0.3) is 6.71 Å². The van der Waals surface area contributed by atoms with E-state index >= 15 is 0 Å². The van der Waals surface area contributed by atoms with Crippen LogP contribution in [0.5, 0.6) is 0 Å². The van der Waals surface area contributed by atoms with Crippen molar-refractivity contribution in [3.63, 3.8) is 0 Å². The van der Waals surface area contributed by atoms with Gasteiger partial charge < -0.3 is 9.80 Å². The van der Waals surface area contributed by atoms with Gasteiger partial charge in [-0.1, -0.05) is 178 Å². The van der Waals surface area contributed by atoms with Crippen molar-refractivity contribution in [3.8, 4) is 0 Å². The van der Waals surface area contributed by atoms with Gasteiger partial charge in [-0.3, -0.25) is 0 Å². The summed E-state index contributed by atoms with van der Waals surface area (Å²) >= 11 is 0. The van der Waals surface area contributed by atoms with Crippen LogP contribution >= 0.6 is 0 Å². The van der Waals surface area contributed by atoms with E-state index in [0.717, 1.165) is 6.42 Å². The normalized spacial score (nSPS) is 20.5. The zero-order chi connectivity index (χ0) is 50.3. The monoisotopic (exact) mass is 925 g/mol. The Kier molecular flexibility index (Phi) is 10.0. The van der Waals surface area contributed by atoms with Crippen LogP contribution in [0, 0.1) is 6.92 Å². The molecule has 5 aliphatic rings. The van der Waals surface area contributed by atoms with E-state index in [-0.39, 0.29) is 50.0 Å². The molecule has 0 aromatic heterocycles. The molecule has 0 N–H and O–H groups in total. The van der Waals surface area contributed by atoms with E-state index in [4.69, 9.17) is 0 Å². The van der Waals surface area contributed by atoms with Gasteiger partial charge in [0.05, 0.1) is 0 Å². The number of nitrogens with zero attached hydrogens (tertiary/aromatic N) is 2. The van der Waals surface area contributed by atoms with Gasteiger partial charge in [0.15, 0.2) is 0 Å². The van der Waals surface area contributed by atoms with Gasteiger partial charge in [-0.15, -0.1) is 0 Å². The molecule has 0 unspecified atom stereocenters. The number of rotatable bonds is 4. The number of anilines is 6. The van der Waals surface area contributed by atoms with E-state index in [1.54, 1.807) is 0 Å². The Bertz CT molecular complexity index is 3160. The standard InChI is InChI=1S/C67H81BN2/c1-41-32-47-50(63(9,10)30-28-61(47,5)6)38-55(41)70-56-39-51-49(62(7,8)29-31-64(51,11)12)37-53(56)68-52-33-43(67(17,18)42-22-20-19-21-23-42)24-27-54(52)69(57-34-44(60(2,3)4)35-58(70)59(57)68)45-25-26-46-48(36-45)66(15,16)40-65(46,13)14/h19-27,32-39H,28-31,40H2,1-18H3. The Morgan fingerprint density at radius 3 is 1.49 bits per heavy atom. The fraction of sp³-hybridized carbons (Fsp3) is 0.463. The molecule has 6 aromatic rings. The molecule has 3 aliphatic carbocycles. The number of hydrogen-bond donors (Lipinski definition) is 0. The SMILES string of the molecule is Cc1cc2c(cc1N1c3cc4c(cc3B3c5cc(C(C)(C)c6ccccc6)ccc5N(c5ccc6c(c5)C(C)(C)CC6(C)C)c5cc(C(C)(C)C)cc1c53)C(C)(C)CCC4(C)C)C(C)(C)CCC2(C)C. The molecular weight excluding hydrogens is 844 g/mol. The van der Waals surface area contributed by atoms with Crippen LogP contribution in [0.25, 0.3) is 0 Å². The molecule has 0 bridgehead atoms. The van der Waals surface area contributed by atoms with Crippen LogP contribution in [0.3, 0.4) is 0 Å². The Hall–Kier alpha value is -5.02. The molecule has 11 rings (SSSR count). The van der Waals surface area contributed by atoms with E-state index in [9.17, 15) is 0 Å². The van der Waals surface area contributed by atoms with Crippen LogP contribution in [-0.2, 0) is 43.3 Å². The molecule has 0 atom stereocenters. The Labute approximate surface area is 423 Å². The van der Waals surface area contributed by atoms with Crippen molar-refractivity contribution < 1.29 is 0 Å². The summed E-state index contributed by atoms with van der Waals surface area (Å²) in [6, 6.07) is 42.2. The van der Waals surface area contributed by atoms with Gasteiger partial charge in [0.1, 0.15) is 0 Å². The summed E-state index contributed by atoms with van der Waals surface area (Å²) < 4.78 is 0. The first kappa shape index (κ1) is 47.3. The molecule has 0 saturated carbocycles. The second-order valence-electron chi connectivity index (χ2n) is 28.4. The molecule has 0 radical (unpaired) electrons. The number of fused-ring (bicyclic) bond motifs is 7. The number of hydrogen-bond acceptors (Lipinski definition) is 2. The molecule has 70 heavy (non-hydrogen) atoms. The third-order valence-corrected chi connectivity index (χ3v) is 19.1. The third kappa shape index (κ3) is 6.92. The lowest BCUT2D eigenvalue weighted by atomic mass is 9.32. The maximum atomic E-state index is 2.78. The van der Waals surface area contributed by atoms with E-state index in [1.165, 1.54) is 132 Å². The molecule has 362 valence electrons. The average Bonchev–Trinajstić information content (AvgIpc) is 3.47. The van der Waals surface area contributed by atoms with Crippen LogP contribution in [0.1, 0.15) is 205 Å². The zero-order valence-corrected chi connectivity index (χ0v) is 46.3. The molecule has 6 aromatic carbocycles. The van der Waals surface area contributed by atoms with Crippen molar-refractivity contribution in [2.45, 2.75) is 200 Å². The summed E-state index contributed by atoms with van der Waals surface area (Å²) in [6.07, 6.45) is 5.88. The highest BCUT2D eigenvalue weighted by atomic mass is 15.2. The van der Waals surface area contributed by atoms with Crippen LogP contribution in [0.4, 0.5) is 34.1 Å². The first-order valence-electron chi connectivity index (χ1n) is 26.9. The molecule has 2 heterocycles. The Morgan fingerprint density at radius 2 is 0.900 bits per heavy atom. The molecule has 2 nitrogen and oxygen atoms in total. The second-order valence-corrected chi connectivity index (χ2v) is 28.4. The first-order valence-corrected chi connectivity index (χ1v) is 26.9. The summed E-state index contributed by atoms with van der Waals surface area (Å²) in [4.78, 5) is 5.47. The average molecular weight is 925 g/mol. The lowest BCUT2D eigenvalue weighted by Crippen LogP contribution is -2.62. The van der Waals surface area contributed by atoms with Crippen molar-refractivity contribution in [2.75, 3.05) is 9.80 Å². The summed E-state index contributed by atoms with van der Waals surface area (Å²) in [7, 11) is 0. The van der Waals surface area contributed by atoms with Gasteiger partial charge in [-0.25, -0.2) is 0 Å². The largest absolute Gasteiger partial charge is 0.311 e. The summed E-state index contributed by atoms with van der Waals surface area (Å²) in [5.74, 6) is 0. The lowest BCUT2D eigenvalue weighted by molar-refractivity contribution is 0.331. The summed E-state index contributed by atoms with van der Waals surface area (Å²) in [5, 5.41) is 0. The van der Waals surface area contributed by atoms with Crippen molar-refractivity contribution in [2.24, 2.45) is 0 Å². The first-order chi connectivity index (χ1) is 32.4. The third-order valence-electron chi connectivity index (χ3n) is 19.1. The lowest BCUT2D eigenvalue weighted by Gasteiger charge is -2.49. The molecular formula is C67H81BN2. The highest BCUT2D eigenvalue weighted by Crippen LogP contribution is 2.56. The zero-order valence-electron chi connectivity index (χ0n) is 46.3. The minimum absolute atomic E-state index is 0.0206. The topological polar surface area (TPSA) is 6.48 Å². The quantitative estimate of drug-likeness (QED) is 0.162. The predicted molar refractivity (Wildman–Crippen MR) is 304 cm³/mol. The predicted octanol–water partition coefficient (Wildman–Crippen LogP) is 16.4. The van der Waals surface area contributed by atoms with Gasteiger partial charge in [-0.2, -0.15) is 0 Å². The fourth-order valence-electron chi connectivity index (χ4n) is 14.5. The van der Waals surface area contributed by atoms with E-state index in [1.807, 2.05) is 0 Å². The van der Waals surface area contributed by atoms with E-state index < -0.39 is 0 Å². The molecule has 3 heteroatoms. The van der Waals surface area contributed by atoms with Crippen LogP contribution in [-0.4, -0.2) is 6.71 Å². The Morgan fingerprint density at radius 1 is 0.400 bits per heavy atom. The molecule has 2 aliphatic heterocycles. The molecule has 0 fully saturated rings. The fourth-order valence-corrected chi connectivity index (χ4v) is 14.5. The van der Waals surface area contributed by atoms with Crippen LogP contribution in [0.15, 0.2) is 103 Å². The van der Waals surface area contributed by atoms with Gasteiger partial charge >= 0.3 is 0 Å². The van der Waals surface area contributed by atoms with E-state index in [2.05, 4.69) is 238 Å². The number of aryl methyl sites for hydroxylation is 1. The molecule has 0 amide bonds. The summed E-state index contributed by atoms with van der Waals surface area (Å²) in [5.41, 5.74) is 26.7. The van der Waals surface area contributed by atoms with Crippen LogP contribution in [0.2, 0.25) is 0 Å². The van der Waals surface area contributed by atoms with Crippen molar-refractivity contribution in [1.82, 2.24) is 0 Å². The van der Waals surface area contributed by atoms with E-state index in [0.29, 0.717) is 0 Å². The smallest absolute Gasteiger partial charge is 0.252 e. The maximum Gasteiger partial charge on any atom is 0.252 e. The number of benzene rings is 6. The van der Waals surface area contributed by atoms with Crippen molar-refractivity contribution in [3.05, 3.63) is 159 Å². The van der Waals surface area contributed by atoms with Crippen molar-refractivity contribution >= 4 is 57.2 Å². The highest BCUT2D eigenvalue weighted by Gasteiger charge is 2.49. The van der Waals surface area contributed by atoms with Crippen LogP contribution < -0.4 is 26.2 Å².